The van der Waals surface area contributed by atoms with E-state index in [-0.39, 0.29) is 11.9 Å². The first-order valence-corrected chi connectivity index (χ1v) is 9.05. The zero-order chi connectivity index (χ0) is 17.6. The van der Waals surface area contributed by atoms with E-state index in [0.29, 0.717) is 50.2 Å². The lowest BCUT2D eigenvalue weighted by Crippen LogP contribution is -2.44. The van der Waals surface area contributed by atoms with Crippen molar-refractivity contribution in [3.8, 4) is 5.75 Å². The molecule has 6 nitrogen and oxygen atoms in total. The maximum atomic E-state index is 13.0. The highest BCUT2D eigenvalue weighted by molar-refractivity contribution is 5.94. The van der Waals surface area contributed by atoms with E-state index in [9.17, 15) is 4.79 Å². The lowest BCUT2D eigenvalue weighted by atomic mass is 10.1. The van der Waals surface area contributed by atoms with Gasteiger partial charge in [0.1, 0.15) is 12.4 Å². The van der Waals surface area contributed by atoms with E-state index >= 15 is 0 Å². The first-order chi connectivity index (χ1) is 12.2. The molecule has 2 aliphatic rings. The molecular weight excluding hydrogens is 320 g/mol. The number of nitrogens with zero attached hydrogens (tertiary/aromatic N) is 2. The van der Waals surface area contributed by atoms with Crippen LogP contribution in [0.15, 0.2) is 24.3 Å². The fourth-order valence-electron chi connectivity index (χ4n) is 3.48. The number of benzene rings is 1. The first-order valence-electron chi connectivity index (χ1n) is 9.05. The molecule has 138 valence electrons. The Morgan fingerprint density at radius 1 is 1.24 bits per heavy atom. The second-order valence-electron chi connectivity index (χ2n) is 6.78. The third kappa shape index (κ3) is 4.71. The molecule has 2 bridgehead atoms. The normalized spacial score (nSPS) is 24.0. The SMILES string of the molecule is CCOCCOc1cccc(C(=O)N2C[C@@H]3COC[C@H](C2)N(C)C3)c1. The smallest absolute Gasteiger partial charge is 0.254 e. The van der Waals surface area contributed by atoms with E-state index in [2.05, 4.69) is 11.9 Å². The van der Waals surface area contributed by atoms with Crippen LogP contribution < -0.4 is 4.74 Å². The van der Waals surface area contributed by atoms with E-state index in [0.717, 1.165) is 19.7 Å². The van der Waals surface area contributed by atoms with Crippen molar-refractivity contribution in [3.63, 3.8) is 0 Å². The Balaban J connectivity index is 1.66. The highest BCUT2D eigenvalue weighted by Gasteiger charge is 2.33. The summed E-state index contributed by atoms with van der Waals surface area (Å²) in [6, 6.07) is 7.70. The lowest BCUT2D eigenvalue weighted by molar-refractivity contribution is 0.0433. The largest absolute Gasteiger partial charge is 0.491 e. The number of rotatable bonds is 6. The monoisotopic (exact) mass is 348 g/mol. The minimum atomic E-state index is 0.0717. The minimum absolute atomic E-state index is 0.0717. The molecule has 0 N–H and O–H groups in total. The van der Waals surface area contributed by atoms with E-state index in [4.69, 9.17) is 14.2 Å². The number of carbonyl (C=O) groups is 1. The van der Waals surface area contributed by atoms with Gasteiger partial charge in [0.15, 0.2) is 0 Å². The molecule has 0 saturated carbocycles. The fraction of sp³-hybridized carbons (Fsp3) is 0.632. The van der Waals surface area contributed by atoms with Gasteiger partial charge in [-0.1, -0.05) is 6.07 Å². The molecule has 0 unspecified atom stereocenters. The Morgan fingerprint density at radius 3 is 2.96 bits per heavy atom. The molecule has 2 saturated heterocycles. The molecule has 0 radical (unpaired) electrons. The standard InChI is InChI=1S/C19H28N2O4/c1-3-23-7-8-25-18-6-4-5-16(9-18)19(22)21-11-15-10-20(2)17(12-21)14-24-13-15/h4-6,9,15,17H,3,7-8,10-14H2,1-2H3/t15-,17+/m1/s1. The number of fused-ring (bicyclic) bond motifs is 3. The molecule has 3 rings (SSSR count). The topological polar surface area (TPSA) is 51.2 Å². The summed E-state index contributed by atoms with van der Waals surface area (Å²) in [5, 5.41) is 0. The summed E-state index contributed by atoms with van der Waals surface area (Å²) in [6.45, 7) is 7.53. The van der Waals surface area contributed by atoms with Crippen LogP contribution in [0.1, 0.15) is 17.3 Å². The third-order valence-electron chi connectivity index (χ3n) is 4.81. The summed E-state index contributed by atoms with van der Waals surface area (Å²) in [5.41, 5.74) is 0.678. The Hall–Kier alpha value is -1.63. The maximum Gasteiger partial charge on any atom is 0.254 e. The number of carbonyl (C=O) groups excluding carboxylic acids is 1. The van der Waals surface area contributed by atoms with Gasteiger partial charge in [0.2, 0.25) is 0 Å². The molecule has 2 atom stereocenters. The summed E-state index contributed by atoms with van der Waals surface area (Å²) in [6.07, 6.45) is 0. The average molecular weight is 348 g/mol. The molecule has 2 heterocycles. The molecule has 2 fully saturated rings. The predicted octanol–water partition coefficient (Wildman–Crippen LogP) is 1.50. The third-order valence-corrected chi connectivity index (χ3v) is 4.81. The summed E-state index contributed by atoms with van der Waals surface area (Å²) in [4.78, 5) is 17.3. The van der Waals surface area contributed by atoms with Gasteiger partial charge in [0.25, 0.3) is 5.91 Å². The molecule has 1 aromatic rings. The molecule has 0 aromatic heterocycles. The van der Waals surface area contributed by atoms with Crippen LogP contribution in [0, 0.1) is 5.92 Å². The van der Waals surface area contributed by atoms with Gasteiger partial charge in [0, 0.05) is 37.7 Å². The van der Waals surface area contributed by atoms with E-state index in [1.165, 1.54) is 0 Å². The van der Waals surface area contributed by atoms with Crippen molar-refractivity contribution in [1.82, 2.24) is 9.80 Å². The predicted molar refractivity (Wildman–Crippen MR) is 95.1 cm³/mol. The zero-order valence-corrected chi connectivity index (χ0v) is 15.1. The van der Waals surface area contributed by atoms with Gasteiger partial charge in [-0.15, -0.1) is 0 Å². The molecule has 2 aliphatic heterocycles. The molecular formula is C19H28N2O4. The van der Waals surface area contributed by atoms with Crippen molar-refractivity contribution in [2.24, 2.45) is 5.92 Å². The van der Waals surface area contributed by atoms with Crippen LogP contribution in [-0.4, -0.2) is 81.5 Å². The highest BCUT2D eigenvalue weighted by Crippen LogP contribution is 2.21. The van der Waals surface area contributed by atoms with Crippen molar-refractivity contribution in [1.29, 1.82) is 0 Å². The van der Waals surface area contributed by atoms with Crippen molar-refractivity contribution in [2.75, 3.05) is 59.7 Å². The molecule has 1 amide bonds. The lowest BCUT2D eigenvalue weighted by Gasteiger charge is -2.30. The Bertz CT molecular complexity index is 580. The molecule has 25 heavy (non-hydrogen) atoms. The van der Waals surface area contributed by atoms with Crippen molar-refractivity contribution >= 4 is 5.91 Å². The molecule has 1 aromatic carbocycles. The van der Waals surface area contributed by atoms with Crippen molar-refractivity contribution in [2.45, 2.75) is 13.0 Å². The Labute approximate surface area is 149 Å². The van der Waals surface area contributed by atoms with Gasteiger partial charge >= 0.3 is 0 Å². The van der Waals surface area contributed by atoms with Gasteiger partial charge in [-0.25, -0.2) is 0 Å². The highest BCUT2D eigenvalue weighted by atomic mass is 16.5. The van der Waals surface area contributed by atoms with Crippen LogP contribution in [0.3, 0.4) is 0 Å². The van der Waals surface area contributed by atoms with Crippen LogP contribution in [-0.2, 0) is 9.47 Å². The van der Waals surface area contributed by atoms with Gasteiger partial charge < -0.3 is 19.1 Å². The fourth-order valence-corrected chi connectivity index (χ4v) is 3.48. The van der Waals surface area contributed by atoms with Crippen LogP contribution >= 0.6 is 0 Å². The van der Waals surface area contributed by atoms with Crippen LogP contribution in [0.25, 0.3) is 0 Å². The van der Waals surface area contributed by atoms with Crippen molar-refractivity contribution in [3.05, 3.63) is 29.8 Å². The maximum absolute atomic E-state index is 13.0. The van der Waals surface area contributed by atoms with E-state index < -0.39 is 0 Å². The second kappa shape index (κ2) is 8.65. The number of likely N-dealkylation sites (N-methyl/N-ethyl adjacent to an activating group) is 1. The Morgan fingerprint density at radius 2 is 2.12 bits per heavy atom. The quantitative estimate of drug-likeness (QED) is 0.730. The Kier molecular flexibility index (Phi) is 6.29. The van der Waals surface area contributed by atoms with Gasteiger partial charge in [-0.3, -0.25) is 9.69 Å². The van der Waals surface area contributed by atoms with Crippen LogP contribution in [0.2, 0.25) is 0 Å². The number of amides is 1. The first kappa shape index (κ1) is 18.2. The summed E-state index contributed by atoms with van der Waals surface area (Å²) in [5.74, 6) is 1.15. The number of hydrogen-bond donors (Lipinski definition) is 0. The number of hydrogen-bond acceptors (Lipinski definition) is 5. The minimum Gasteiger partial charge on any atom is -0.491 e. The summed E-state index contributed by atoms with van der Waals surface area (Å²) in [7, 11) is 2.12. The van der Waals surface area contributed by atoms with Crippen molar-refractivity contribution < 1.29 is 19.0 Å². The van der Waals surface area contributed by atoms with Crippen LogP contribution in [0.5, 0.6) is 5.75 Å². The molecule has 0 spiro atoms. The molecule has 0 aliphatic carbocycles. The van der Waals surface area contributed by atoms with E-state index in [1.54, 1.807) is 0 Å². The van der Waals surface area contributed by atoms with Gasteiger partial charge in [-0.05, 0) is 32.2 Å². The summed E-state index contributed by atoms with van der Waals surface area (Å²) >= 11 is 0. The zero-order valence-electron chi connectivity index (χ0n) is 15.1. The van der Waals surface area contributed by atoms with Gasteiger partial charge in [0.05, 0.1) is 25.9 Å². The van der Waals surface area contributed by atoms with Gasteiger partial charge in [-0.2, -0.15) is 0 Å². The molecule has 6 heteroatoms. The average Bonchev–Trinajstić information content (AvgIpc) is 2.87. The second-order valence-corrected chi connectivity index (χ2v) is 6.78. The van der Waals surface area contributed by atoms with E-state index in [1.807, 2.05) is 36.1 Å². The van der Waals surface area contributed by atoms with Crippen LogP contribution in [0.4, 0.5) is 0 Å². The summed E-state index contributed by atoms with van der Waals surface area (Å²) < 4.78 is 16.7. The number of ether oxygens (including phenoxy) is 3.